The summed E-state index contributed by atoms with van der Waals surface area (Å²) < 4.78 is 42.0. The Balaban J connectivity index is 1.61. The summed E-state index contributed by atoms with van der Waals surface area (Å²) in [6.45, 7) is 2.31. The van der Waals surface area contributed by atoms with Gasteiger partial charge in [0.1, 0.15) is 0 Å². The summed E-state index contributed by atoms with van der Waals surface area (Å²) in [7, 11) is 0. The van der Waals surface area contributed by atoms with Crippen molar-refractivity contribution in [3.05, 3.63) is 17.5 Å². The molecule has 3 aliphatic rings. The molecule has 4 rings (SSSR count). The van der Waals surface area contributed by atoms with E-state index in [1.807, 2.05) is 0 Å². The topological polar surface area (TPSA) is 87.4 Å². The van der Waals surface area contributed by atoms with Gasteiger partial charge in [0, 0.05) is 6.04 Å². The zero-order valence-corrected chi connectivity index (χ0v) is 16.7. The van der Waals surface area contributed by atoms with Gasteiger partial charge in [0.15, 0.2) is 5.69 Å². The van der Waals surface area contributed by atoms with Crippen LogP contribution in [0.25, 0.3) is 0 Å². The number of alkyl halides is 3. The maximum Gasteiger partial charge on any atom is 0.433 e. The fraction of sp³-hybridized carbons (Fsp3) is 0.800. The van der Waals surface area contributed by atoms with E-state index in [0.29, 0.717) is 29.4 Å². The van der Waals surface area contributed by atoms with Gasteiger partial charge in [-0.15, -0.1) is 0 Å². The van der Waals surface area contributed by atoms with E-state index >= 15 is 0 Å². The molecule has 1 aromatic heterocycles. The van der Waals surface area contributed by atoms with Gasteiger partial charge < -0.3 is 15.5 Å². The molecule has 3 aliphatic carbocycles. The SMILES string of the molecule is CC(C)(CO)n1ncc(C(=O)N[C@H]2CCC3CC4C[C@@](O)(C3)CC42)c1C(F)(F)F. The number of hydrogen-bond acceptors (Lipinski definition) is 4. The summed E-state index contributed by atoms with van der Waals surface area (Å²) in [5.41, 5.74) is -3.66. The first-order valence-electron chi connectivity index (χ1n) is 10.2. The van der Waals surface area contributed by atoms with Crippen LogP contribution < -0.4 is 5.32 Å². The van der Waals surface area contributed by atoms with Crippen LogP contribution >= 0.6 is 0 Å². The van der Waals surface area contributed by atoms with Gasteiger partial charge in [-0.05, 0) is 70.1 Å². The molecule has 1 heterocycles. The minimum absolute atomic E-state index is 0.0923. The summed E-state index contributed by atoms with van der Waals surface area (Å²) in [6.07, 6.45) is 0.861. The molecule has 3 unspecified atom stereocenters. The molecule has 1 amide bonds. The fourth-order valence-electron chi connectivity index (χ4n) is 5.86. The average Bonchev–Trinajstić information content (AvgIpc) is 3.14. The Morgan fingerprint density at radius 3 is 2.69 bits per heavy atom. The number of aliphatic hydroxyl groups excluding tert-OH is 1. The highest BCUT2D eigenvalue weighted by Crippen LogP contribution is 2.55. The lowest BCUT2D eigenvalue weighted by Crippen LogP contribution is -2.42. The maximum absolute atomic E-state index is 13.8. The number of halogens is 3. The van der Waals surface area contributed by atoms with Crippen LogP contribution in [-0.2, 0) is 11.7 Å². The van der Waals surface area contributed by atoms with Crippen molar-refractivity contribution in [1.29, 1.82) is 0 Å². The van der Waals surface area contributed by atoms with Crippen molar-refractivity contribution < 1.29 is 28.2 Å². The summed E-state index contributed by atoms with van der Waals surface area (Å²) in [5, 5.41) is 26.9. The van der Waals surface area contributed by atoms with Crippen molar-refractivity contribution in [3.8, 4) is 0 Å². The Bertz CT molecular complexity index is 807. The highest BCUT2D eigenvalue weighted by molar-refractivity contribution is 5.95. The first-order chi connectivity index (χ1) is 13.4. The van der Waals surface area contributed by atoms with E-state index in [4.69, 9.17) is 0 Å². The third-order valence-corrected chi connectivity index (χ3v) is 7.13. The smallest absolute Gasteiger partial charge is 0.394 e. The molecule has 0 aromatic carbocycles. The lowest BCUT2D eigenvalue weighted by Gasteiger charge is -2.33. The molecule has 5 atom stereocenters. The number of hydrogen-bond donors (Lipinski definition) is 3. The second-order valence-corrected chi connectivity index (χ2v) is 9.81. The van der Waals surface area contributed by atoms with E-state index in [1.165, 1.54) is 13.8 Å². The second-order valence-electron chi connectivity index (χ2n) is 9.81. The number of rotatable bonds is 4. The van der Waals surface area contributed by atoms with Crippen molar-refractivity contribution >= 4 is 5.91 Å². The molecular weight excluding hydrogens is 387 g/mol. The van der Waals surface area contributed by atoms with Crippen LogP contribution in [0.1, 0.15) is 68.4 Å². The van der Waals surface area contributed by atoms with Crippen molar-refractivity contribution in [2.75, 3.05) is 6.61 Å². The van der Waals surface area contributed by atoms with Gasteiger partial charge in [0.2, 0.25) is 0 Å². The average molecular weight is 415 g/mol. The molecule has 162 valence electrons. The van der Waals surface area contributed by atoms with Crippen LogP contribution in [0.3, 0.4) is 0 Å². The molecule has 1 aromatic rings. The fourth-order valence-corrected chi connectivity index (χ4v) is 5.86. The van der Waals surface area contributed by atoms with Gasteiger partial charge in [0.25, 0.3) is 5.91 Å². The second kappa shape index (κ2) is 6.70. The van der Waals surface area contributed by atoms with E-state index in [-0.39, 0.29) is 12.0 Å². The number of nitrogens with zero attached hydrogens (tertiary/aromatic N) is 2. The zero-order valence-electron chi connectivity index (χ0n) is 16.7. The number of nitrogens with one attached hydrogen (secondary N) is 1. The Morgan fingerprint density at radius 2 is 2.03 bits per heavy atom. The van der Waals surface area contributed by atoms with Gasteiger partial charge in [-0.3, -0.25) is 9.48 Å². The molecule has 3 bridgehead atoms. The number of aromatic nitrogens is 2. The van der Waals surface area contributed by atoms with Crippen molar-refractivity contribution in [3.63, 3.8) is 0 Å². The van der Waals surface area contributed by atoms with Crippen molar-refractivity contribution in [1.82, 2.24) is 15.1 Å². The summed E-state index contributed by atoms with van der Waals surface area (Å²) in [4.78, 5) is 12.9. The quantitative estimate of drug-likeness (QED) is 0.706. The van der Waals surface area contributed by atoms with E-state index in [9.17, 15) is 28.2 Å². The van der Waals surface area contributed by atoms with Gasteiger partial charge in [-0.1, -0.05) is 0 Å². The standard InChI is InChI=1S/C20H28F3N3O3/c1-18(2,10-27)26-16(20(21,22)23)14(9-24-26)17(28)25-15-4-3-11-5-12-7-19(29,6-11)8-13(12)15/h9,11-13,15,27,29H,3-8,10H2,1-2H3,(H,25,28)/t11?,12?,13?,15-,19-/m0/s1. The molecule has 6 nitrogen and oxygen atoms in total. The zero-order chi connectivity index (χ0) is 21.2. The number of carbonyl (C=O) groups excluding carboxylic acids is 1. The molecule has 3 fully saturated rings. The molecule has 0 saturated heterocycles. The van der Waals surface area contributed by atoms with E-state index in [0.717, 1.165) is 31.9 Å². The molecular formula is C20H28F3N3O3. The van der Waals surface area contributed by atoms with Crippen molar-refractivity contribution in [2.45, 2.75) is 75.7 Å². The highest BCUT2D eigenvalue weighted by Gasteiger charge is 2.54. The first kappa shape index (κ1) is 20.7. The summed E-state index contributed by atoms with van der Waals surface area (Å²) in [6, 6.07) is -0.248. The Kier molecular flexibility index (Phi) is 4.77. The molecule has 3 N–H and O–H groups in total. The predicted octanol–water partition coefficient (Wildman–Crippen LogP) is 2.69. The molecule has 0 spiro atoms. The van der Waals surface area contributed by atoms with E-state index < -0.39 is 41.1 Å². The monoisotopic (exact) mass is 415 g/mol. The molecule has 0 radical (unpaired) electrons. The lowest BCUT2D eigenvalue weighted by atomic mass is 9.77. The highest BCUT2D eigenvalue weighted by atomic mass is 19.4. The maximum atomic E-state index is 13.8. The Labute approximate surface area is 167 Å². The number of aliphatic hydroxyl groups is 2. The van der Waals surface area contributed by atoms with Gasteiger partial charge >= 0.3 is 6.18 Å². The molecule has 3 saturated carbocycles. The van der Waals surface area contributed by atoms with Crippen LogP contribution in [0, 0.1) is 17.8 Å². The van der Waals surface area contributed by atoms with E-state index in [1.54, 1.807) is 0 Å². The number of fused-ring (bicyclic) bond motifs is 2. The van der Waals surface area contributed by atoms with Crippen LogP contribution in [0.4, 0.5) is 13.2 Å². The van der Waals surface area contributed by atoms with Crippen LogP contribution in [0.2, 0.25) is 0 Å². The van der Waals surface area contributed by atoms with Crippen LogP contribution in [-0.4, -0.2) is 44.2 Å². The van der Waals surface area contributed by atoms with Crippen LogP contribution in [0.5, 0.6) is 0 Å². The van der Waals surface area contributed by atoms with Gasteiger partial charge in [-0.25, -0.2) is 0 Å². The van der Waals surface area contributed by atoms with Gasteiger partial charge in [-0.2, -0.15) is 18.3 Å². The molecule has 29 heavy (non-hydrogen) atoms. The molecule has 0 aliphatic heterocycles. The third kappa shape index (κ3) is 3.56. The minimum Gasteiger partial charge on any atom is -0.394 e. The third-order valence-electron chi connectivity index (χ3n) is 7.13. The van der Waals surface area contributed by atoms with Crippen LogP contribution in [0.15, 0.2) is 6.20 Å². The normalized spacial score (nSPS) is 34.3. The summed E-state index contributed by atoms with van der Waals surface area (Å²) >= 11 is 0. The summed E-state index contributed by atoms with van der Waals surface area (Å²) in [5.74, 6) is 0.0272. The number of carbonyl (C=O) groups is 1. The van der Waals surface area contributed by atoms with E-state index in [2.05, 4.69) is 10.4 Å². The predicted molar refractivity (Wildman–Crippen MR) is 98.0 cm³/mol. The largest absolute Gasteiger partial charge is 0.433 e. The van der Waals surface area contributed by atoms with Gasteiger partial charge in [0.05, 0.1) is 29.5 Å². The van der Waals surface area contributed by atoms with Crippen molar-refractivity contribution in [2.24, 2.45) is 17.8 Å². The Hall–Kier alpha value is -1.61. The Morgan fingerprint density at radius 1 is 1.31 bits per heavy atom. The first-order valence-corrected chi connectivity index (χ1v) is 10.2. The number of amides is 1. The lowest BCUT2D eigenvalue weighted by molar-refractivity contribution is -0.147. The minimum atomic E-state index is -4.79. The molecule has 9 heteroatoms.